The van der Waals surface area contributed by atoms with Crippen molar-refractivity contribution < 1.29 is 9.53 Å². The topological polar surface area (TPSA) is 42.4 Å². The van der Waals surface area contributed by atoms with Crippen LogP contribution >= 0.6 is 0 Å². The highest BCUT2D eigenvalue weighted by atomic mass is 16.6. The highest BCUT2D eigenvalue weighted by Gasteiger charge is 2.21. The summed E-state index contributed by atoms with van der Waals surface area (Å²) in [6, 6.07) is 11.5. The number of hydrogen-bond donors (Lipinski definition) is 0. The number of rotatable bonds is 1. The molecule has 1 amide bonds. The van der Waals surface area contributed by atoms with Crippen LogP contribution in [0, 0.1) is 0 Å². The predicted molar refractivity (Wildman–Crippen MR) is 76.4 cm³/mol. The summed E-state index contributed by atoms with van der Waals surface area (Å²) in [4.78, 5) is 17.8. The second-order valence-electron chi connectivity index (χ2n) is 5.40. The largest absolute Gasteiger partial charge is 0.443 e. The molecule has 0 saturated carbocycles. The molecule has 1 aromatic carbocycles. The van der Waals surface area contributed by atoms with Crippen molar-refractivity contribution in [3.63, 3.8) is 0 Å². The lowest BCUT2D eigenvalue weighted by Gasteiger charge is -2.24. The second-order valence-corrected chi connectivity index (χ2v) is 5.40. The van der Waals surface area contributed by atoms with Crippen LogP contribution in [0.2, 0.25) is 0 Å². The first-order chi connectivity index (χ1) is 8.87. The van der Waals surface area contributed by atoms with Gasteiger partial charge >= 0.3 is 6.09 Å². The summed E-state index contributed by atoms with van der Waals surface area (Å²) in [5.41, 5.74) is 0.345. The first kappa shape index (κ1) is 13.3. The molecule has 0 spiro atoms. The number of para-hydroxylation sites is 1. The molecular weight excluding hydrogens is 240 g/mol. The van der Waals surface area contributed by atoms with Gasteiger partial charge in [-0.2, -0.15) is 0 Å². The zero-order valence-electron chi connectivity index (χ0n) is 11.7. The van der Waals surface area contributed by atoms with Crippen LogP contribution in [-0.4, -0.2) is 23.7 Å². The van der Waals surface area contributed by atoms with Gasteiger partial charge in [0, 0.05) is 12.4 Å². The maximum atomic E-state index is 12.0. The third kappa shape index (κ3) is 3.22. The van der Waals surface area contributed by atoms with E-state index in [0.29, 0.717) is 5.82 Å². The van der Waals surface area contributed by atoms with Crippen molar-refractivity contribution in [3.05, 3.63) is 36.4 Å². The van der Waals surface area contributed by atoms with Crippen LogP contribution in [0.1, 0.15) is 20.8 Å². The molecule has 0 saturated heterocycles. The number of nitrogens with zero attached hydrogens (tertiary/aromatic N) is 2. The zero-order valence-corrected chi connectivity index (χ0v) is 11.7. The summed E-state index contributed by atoms with van der Waals surface area (Å²) in [6.45, 7) is 5.52. The van der Waals surface area contributed by atoms with Crippen molar-refractivity contribution in [2.75, 3.05) is 11.9 Å². The monoisotopic (exact) mass is 258 g/mol. The molecule has 0 atom stereocenters. The number of carbonyl (C=O) groups excluding carboxylic acids is 1. The normalized spacial score (nSPS) is 11.4. The lowest BCUT2D eigenvalue weighted by Crippen LogP contribution is -2.34. The molecular formula is C15H18N2O2. The molecule has 100 valence electrons. The van der Waals surface area contributed by atoms with Crippen molar-refractivity contribution in [1.82, 2.24) is 4.98 Å². The molecule has 0 radical (unpaired) electrons. The van der Waals surface area contributed by atoms with Gasteiger partial charge in [0.25, 0.3) is 0 Å². The Kier molecular flexibility index (Phi) is 3.42. The smallest absolute Gasteiger partial charge is 0.415 e. The van der Waals surface area contributed by atoms with Crippen molar-refractivity contribution in [2.45, 2.75) is 26.4 Å². The Labute approximate surface area is 113 Å². The van der Waals surface area contributed by atoms with Crippen LogP contribution in [0.25, 0.3) is 10.9 Å². The van der Waals surface area contributed by atoms with Crippen LogP contribution in [-0.2, 0) is 4.74 Å². The zero-order chi connectivity index (χ0) is 14.0. The van der Waals surface area contributed by atoms with Crippen LogP contribution in [0.4, 0.5) is 10.6 Å². The number of anilines is 1. The summed E-state index contributed by atoms with van der Waals surface area (Å²) in [7, 11) is 1.66. The lowest BCUT2D eigenvalue weighted by atomic mass is 10.2. The summed E-state index contributed by atoms with van der Waals surface area (Å²) in [5.74, 6) is 0.577. The maximum Gasteiger partial charge on any atom is 0.415 e. The summed E-state index contributed by atoms with van der Waals surface area (Å²) >= 11 is 0. The summed E-state index contributed by atoms with van der Waals surface area (Å²) in [6.07, 6.45) is -0.407. The lowest BCUT2D eigenvalue weighted by molar-refractivity contribution is 0.0588. The fraction of sp³-hybridized carbons (Fsp3) is 0.333. The highest BCUT2D eigenvalue weighted by Crippen LogP contribution is 2.19. The van der Waals surface area contributed by atoms with Crippen LogP contribution in [0.5, 0.6) is 0 Å². The van der Waals surface area contributed by atoms with Crippen LogP contribution in [0.3, 0.4) is 0 Å². The second kappa shape index (κ2) is 4.88. The van der Waals surface area contributed by atoms with E-state index < -0.39 is 11.7 Å². The molecule has 0 fully saturated rings. The van der Waals surface area contributed by atoms with Gasteiger partial charge in [-0.05, 0) is 39.0 Å². The van der Waals surface area contributed by atoms with Crippen molar-refractivity contribution in [2.24, 2.45) is 0 Å². The number of amides is 1. The number of aromatic nitrogens is 1. The Morgan fingerprint density at radius 3 is 2.53 bits per heavy atom. The van der Waals surface area contributed by atoms with E-state index in [4.69, 9.17) is 4.74 Å². The molecule has 1 aromatic heterocycles. The van der Waals surface area contributed by atoms with Gasteiger partial charge < -0.3 is 4.74 Å². The SMILES string of the molecule is CN(C(=O)OC(C)(C)C)c1ccc2ccccc2n1. The van der Waals surface area contributed by atoms with Crippen LogP contribution in [0.15, 0.2) is 36.4 Å². The van der Waals surface area contributed by atoms with Gasteiger partial charge in [-0.3, -0.25) is 4.90 Å². The Morgan fingerprint density at radius 1 is 1.16 bits per heavy atom. The number of fused-ring (bicyclic) bond motifs is 1. The van der Waals surface area contributed by atoms with Crippen molar-refractivity contribution in [1.29, 1.82) is 0 Å². The van der Waals surface area contributed by atoms with Gasteiger partial charge in [0.1, 0.15) is 11.4 Å². The first-order valence-corrected chi connectivity index (χ1v) is 6.19. The van der Waals surface area contributed by atoms with Crippen molar-refractivity contribution >= 4 is 22.8 Å². The van der Waals surface area contributed by atoms with E-state index in [1.54, 1.807) is 7.05 Å². The molecule has 2 rings (SSSR count). The highest BCUT2D eigenvalue weighted by molar-refractivity contribution is 5.88. The van der Waals surface area contributed by atoms with Gasteiger partial charge in [-0.25, -0.2) is 9.78 Å². The molecule has 0 aliphatic rings. The minimum atomic E-state index is -0.512. The van der Waals surface area contributed by atoms with E-state index in [1.807, 2.05) is 57.2 Å². The average Bonchev–Trinajstić information content (AvgIpc) is 2.35. The van der Waals surface area contributed by atoms with Crippen molar-refractivity contribution in [3.8, 4) is 0 Å². The predicted octanol–water partition coefficient (Wildman–Crippen LogP) is 3.61. The van der Waals surface area contributed by atoms with Gasteiger partial charge in [0.15, 0.2) is 0 Å². The Bertz CT molecular complexity index is 602. The van der Waals surface area contributed by atoms with E-state index in [-0.39, 0.29) is 0 Å². The molecule has 4 nitrogen and oxygen atoms in total. The maximum absolute atomic E-state index is 12.0. The van der Waals surface area contributed by atoms with Gasteiger partial charge in [-0.1, -0.05) is 18.2 Å². The quantitative estimate of drug-likeness (QED) is 0.784. The Balaban J connectivity index is 2.26. The minimum absolute atomic E-state index is 0.407. The van der Waals surface area contributed by atoms with E-state index in [1.165, 1.54) is 4.90 Å². The number of benzene rings is 1. The van der Waals surface area contributed by atoms with Gasteiger partial charge in [-0.15, -0.1) is 0 Å². The third-order valence-corrected chi connectivity index (χ3v) is 2.59. The molecule has 19 heavy (non-hydrogen) atoms. The van der Waals surface area contributed by atoms with E-state index in [2.05, 4.69) is 4.98 Å². The van der Waals surface area contributed by atoms with E-state index in [0.717, 1.165) is 10.9 Å². The average molecular weight is 258 g/mol. The molecule has 1 heterocycles. The van der Waals surface area contributed by atoms with E-state index >= 15 is 0 Å². The number of hydrogen-bond acceptors (Lipinski definition) is 3. The standard InChI is InChI=1S/C15H18N2O2/c1-15(2,3)19-14(18)17(4)13-10-9-11-7-5-6-8-12(11)16-13/h5-10H,1-4H3. The fourth-order valence-electron chi connectivity index (χ4n) is 1.67. The fourth-order valence-corrected chi connectivity index (χ4v) is 1.67. The summed E-state index contributed by atoms with van der Waals surface area (Å²) in [5, 5.41) is 1.05. The van der Waals surface area contributed by atoms with Crippen LogP contribution < -0.4 is 4.90 Å². The van der Waals surface area contributed by atoms with E-state index in [9.17, 15) is 4.79 Å². The molecule has 4 heteroatoms. The Hall–Kier alpha value is -2.10. The molecule has 2 aromatic rings. The molecule has 0 bridgehead atoms. The van der Waals surface area contributed by atoms with Gasteiger partial charge in [0.2, 0.25) is 0 Å². The van der Waals surface area contributed by atoms with Gasteiger partial charge in [0.05, 0.1) is 5.52 Å². The Morgan fingerprint density at radius 2 is 1.84 bits per heavy atom. The minimum Gasteiger partial charge on any atom is -0.443 e. The molecule has 0 unspecified atom stereocenters. The number of pyridine rings is 1. The third-order valence-electron chi connectivity index (χ3n) is 2.59. The first-order valence-electron chi connectivity index (χ1n) is 6.19. The molecule has 0 aliphatic carbocycles. The molecule has 0 N–H and O–H groups in total. The molecule has 0 aliphatic heterocycles. The number of ether oxygens (including phenoxy) is 1. The summed E-state index contributed by atoms with van der Waals surface area (Å²) < 4.78 is 5.31. The number of carbonyl (C=O) groups is 1.